The van der Waals surface area contributed by atoms with Gasteiger partial charge in [0.2, 0.25) is 22.7 Å². The number of carbonyl (C=O) groups is 1. The van der Waals surface area contributed by atoms with Crippen molar-refractivity contribution in [3.05, 3.63) is 35.4 Å². The fourth-order valence-corrected chi connectivity index (χ4v) is 5.71. The van der Waals surface area contributed by atoms with Crippen molar-refractivity contribution in [1.82, 2.24) is 4.31 Å². The summed E-state index contributed by atoms with van der Waals surface area (Å²) in [5, 5.41) is 3.00. The molecule has 2 aromatic rings. The van der Waals surface area contributed by atoms with Crippen molar-refractivity contribution < 1.29 is 32.2 Å². The van der Waals surface area contributed by atoms with Crippen LogP contribution in [0.3, 0.4) is 0 Å². The Bertz CT molecular complexity index is 1150. The Kier molecular flexibility index (Phi) is 5.07. The van der Waals surface area contributed by atoms with Crippen molar-refractivity contribution in [3.63, 3.8) is 0 Å². The molecule has 3 aliphatic rings. The molecule has 1 fully saturated rings. The van der Waals surface area contributed by atoms with Crippen molar-refractivity contribution in [1.29, 1.82) is 0 Å². The number of hydrogen-bond donors (Lipinski definition) is 1. The highest BCUT2D eigenvalue weighted by Crippen LogP contribution is 2.40. The van der Waals surface area contributed by atoms with Crippen LogP contribution in [0.4, 0.5) is 5.69 Å². The maximum absolute atomic E-state index is 13.3. The van der Waals surface area contributed by atoms with Gasteiger partial charge in [-0.3, -0.25) is 4.79 Å². The van der Waals surface area contributed by atoms with Gasteiger partial charge in [-0.05, 0) is 25.0 Å². The van der Waals surface area contributed by atoms with E-state index >= 15 is 0 Å². The fourth-order valence-electron chi connectivity index (χ4n) is 3.84. The van der Waals surface area contributed by atoms with Gasteiger partial charge in [-0.15, -0.1) is 0 Å². The van der Waals surface area contributed by atoms with E-state index in [9.17, 15) is 13.2 Å². The van der Waals surface area contributed by atoms with E-state index in [0.717, 1.165) is 0 Å². The molecule has 164 valence electrons. The van der Waals surface area contributed by atoms with Crippen LogP contribution in [-0.4, -0.2) is 51.2 Å². The van der Waals surface area contributed by atoms with Gasteiger partial charge in [-0.1, -0.05) is 11.6 Å². The number of anilines is 1. The Labute approximate surface area is 183 Å². The topological polar surface area (TPSA) is 103 Å². The standard InChI is InChI=1S/C20H19ClN2O7S/c21-13-9-18-19(30-11-29-18)10-14(13)22-20(24)15-2-1-5-23(15)31(25,26)12-3-4-16-17(8-12)28-7-6-27-16/h3-4,8-10,15H,1-2,5-7,11H2,(H,22,24)/t15-/m0/s1. The molecule has 1 saturated heterocycles. The van der Waals surface area contributed by atoms with Gasteiger partial charge in [-0.25, -0.2) is 8.42 Å². The van der Waals surface area contributed by atoms with E-state index in [1.165, 1.54) is 16.4 Å². The summed E-state index contributed by atoms with van der Waals surface area (Å²) < 4.78 is 49.3. The average Bonchev–Trinajstić information content (AvgIpc) is 3.43. The van der Waals surface area contributed by atoms with E-state index in [1.54, 1.807) is 18.2 Å². The molecule has 0 aromatic heterocycles. The van der Waals surface area contributed by atoms with Crippen molar-refractivity contribution in [2.75, 3.05) is 31.9 Å². The number of nitrogens with one attached hydrogen (secondary N) is 1. The summed E-state index contributed by atoms with van der Waals surface area (Å²) >= 11 is 6.24. The van der Waals surface area contributed by atoms with Crippen LogP contribution in [0.5, 0.6) is 23.0 Å². The van der Waals surface area contributed by atoms with Gasteiger partial charge in [0.25, 0.3) is 0 Å². The first kappa shape index (κ1) is 20.2. The Hall–Kier alpha value is -2.69. The molecule has 1 atom stereocenters. The first-order valence-corrected chi connectivity index (χ1v) is 11.6. The third kappa shape index (κ3) is 3.64. The molecular formula is C20H19ClN2O7S. The Morgan fingerprint density at radius 3 is 2.52 bits per heavy atom. The summed E-state index contributed by atoms with van der Waals surface area (Å²) in [6.07, 6.45) is 0.967. The number of hydrogen-bond acceptors (Lipinski definition) is 7. The van der Waals surface area contributed by atoms with E-state index in [2.05, 4.69) is 5.32 Å². The van der Waals surface area contributed by atoms with Gasteiger partial charge in [0, 0.05) is 24.7 Å². The minimum atomic E-state index is -3.92. The van der Waals surface area contributed by atoms with Crippen LogP contribution in [0.1, 0.15) is 12.8 Å². The average molecular weight is 467 g/mol. The maximum Gasteiger partial charge on any atom is 0.243 e. The number of ether oxygens (including phenoxy) is 4. The summed E-state index contributed by atoms with van der Waals surface area (Å²) in [6.45, 7) is 1.08. The predicted octanol–water partition coefficient (Wildman–Crippen LogP) is 2.63. The van der Waals surface area contributed by atoms with Crippen LogP contribution in [0.15, 0.2) is 35.2 Å². The monoisotopic (exact) mass is 466 g/mol. The lowest BCUT2D eigenvalue weighted by molar-refractivity contribution is -0.119. The van der Waals surface area contributed by atoms with E-state index in [1.807, 2.05) is 0 Å². The molecule has 0 bridgehead atoms. The number of carbonyl (C=O) groups excluding carboxylic acids is 1. The van der Waals surface area contributed by atoms with Crippen molar-refractivity contribution in [3.8, 4) is 23.0 Å². The van der Waals surface area contributed by atoms with Gasteiger partial charge in [0.15, 0.2) is 23.0 Å². The van der Waals surface area contributed by atoms with Crippen molar-refractivity contribution in [2.45, 2.75) is 23.8 Å². The second-order valence-corrected chi connectivity index (χ2v) is 9.55. The Morgan fingerprint density at radius 1 is 1.00 bits per heavy atom. The first-order valence-electron chi connectivity index (χ1n) is 9.75. The molecule has 9 nitrogen and oxygen atoms in total. The lowest BCUT2D eigenvalue weighted by atomic mass is 10.2. The zero-order valence-corrected chi connectivity index (χ0v) is 17.9. The SMILES string of the molecule is O=C(Nc1cc2c(cc1Cl)OCO2)[C@@H]1CCCN1S(=O)(=O)c1ccc2c(c1)OCCO2. The highest BCUT2D eigenvalue weighted by Gasteiger charge is 2.40. The van der Waals surface area contributed by atoms with Crippen LogP contribution in [0, 0.1) is 0 Å². The van der Waals surface area contributed by atoms with Gasteiger partial charge in [-0.2, -0.15) is 4.31 Å². The molecule has 0 aliphatic carbocycles. The number of nitrogens with zero attached hydrogens (tertiary/aromatic N) is 1. The molecule has 1 N–H and O–H groups in total. The fraction of sp³-hybridized carbons (Fsp3) is 0.350. The molecule has 31 heavy (non-hydrogen) atoms. The number of rotatable bonds is 4. The summed E-state index contributed by atoms with van der Waals surface area (Å²) in [5.74, 6) is 1.37. The number of fused-ring (bicyclic) bond motifs is 2. The molecule has 11 heteroatoms. The number of benzene rings is 2. The zero-order chi connectivity index (χ0) is 21.6. The number of halogens is 1. The summed E-state index contributed by atoms with van der Waals surface area (Å²) in [6, 6.07) is 6.73. The van der Waals surface area contributed by atoms with Crippen LogP contribution in [-0.2, 0) is 14.8 Å². The lowest BCUT2D eigenvalue weighted by Gasteiger charge is -2.25. The molecule has 0 unspecified atom stereocenters. The van der Waals surface area contributed by atoms with Crippen molar-refractivity contribution in [2.24, 2.45) is 0 Å². The van der Waals surface area contributed by atoms with Crippen molar-refractivity contribution >= 4 is 33.2 Å². The Morgan fingerprint density at radius 2 is 1.71 bits per heavy atom. The van der Waals surface area contributed by atoms with Gasteiger partial charge >= 0.3 is 0 Å². The molecule has 0 saturated carbocycles. The van der Waals surface area contributed by atoms with E-state index < -0.39 is 22.0 Å². The highest BCUT2D eigenvalue weighted by atomic mass is 35.5. The molecule has 2 aromatic carbocycles. The predicted molar refractivity (Wildman–Crippen MR) is 111 cm³/mol. The minimum absolute atomic E-state index is 0.0533. The third-order valence-electron chi connectivity index (χ3n) is 5.35. The summed E-state index contributed by atoms with van der Waals surface area (Å²) in [4.78, 5) is 13.0. The van der Waals surface area contributed by atoms with Crippen LogP contribution in [0.2, 0.25) is 5.02 Å². The minimum Gasteiger partial charge on any atom is -0.486 e. The smallest absolute Gasteiger partial charge is 0.243 e. The normalized spacial score (nSPS) is 20.0. The molecule has 3 heterocycles. The molecule has 0 radical (unpaired) electrons. The summed E-state index contributed by atoms with van der Waals surface area (Å²) in [7, 11) is -3.92. The second-order valence-electron chi connectivity index (χ2n) is 7.25. The van der Waals surface area contributed by atoms with E-state index in [-0.39, 0.29) is 23.3 Å². The quantitative estimate of drug-likeness (QED) is 0.738. The van der Waals surface area contributed by atoms with Gasteiger partial charge < -0.3 is 24.3 Å². The first-order chi connectivity index (χ1) is 14.9. The van der Waals surface area contributed by atoms with E-state index in [4.69, 9.17) is 30.5 Å². The molecule has 1 amide bonds. The highest BCUT2D eigenvalue weighted by molar-refractivity contribution is 7.89. The Balaban J connectivity index is 1.38. The van der Waals surface area contributed by atoms with Gasteiger partial charge in [0.1, 0.15) is 19.3 Å². The maximum atomic E-state index is 13.3. The molecule has 3 aliphatic heterocycles. The number of amides is 1. The third-order valence-corrected chi connectivity index (χ3v) is 7.56. The van der Waals surface area contributed by atoms with E-state index in [0.29, 0.717) is 54.7 Å². The largest absolute Gasteiger partial charge is 0.486 e. The van der Waals surface area contributed by atoms with Crippen LogP contribution >= 0.6 is 11.6 Å². The number of sulfonamides is 1. The lowest BCUT2D eigenvalue weighted by Crippen LogP contribution is -2.43. The van der Waals surface area contributed by atoms with Crippen LogP contribution < -0.4 is 24.3 Å². The molecular weight excluding hydrogens is 448 g/mol. The molecule has 0 spiro atoms. The summed E-state index contributed by atoms with van der Waals surface area (Å²) in [5.41, 5.74) is 0.333. The second kappa shape index (κ2) is 7.77. The van der Waals surface area contributed by atoms with Crippen LogP contribution in [0.25, 0.3) is 0 Å². The molecule has 5 rings (SSSR count). The zero-order valence-electron chi connectivity index (χ0n) is 16.3. The van der Waals surface area contributed by atoms with Gasteiger partial charge in [0.05, 0.1) is 15.6 Å².